The quantitative estimate of drug-likeness (QED) is 0.629. The molecule has 1 saturated heterocycles. The minimum Gasteiger partial charge on any atom is -0.340 e. The molecule has 1 saturated carbocycles. The minimum absolute atomic E-state index is 0.365. The Labute approximate surface area is 86.7 Å². The molecule has 2 heteroatoms. The Morgan fingerprint density at radius 1 is 1.07 bits per heavy atom. The lowest BCUT2D eigenvalue weighted by Crippen LogP contribution is -2.38. The second kappa shape index (κ2) is 4.33. The normalized spacial score (nSPS) is 29.5. The topological polar surface area (TPSA) is 20.3 Å². The largest absolute Gasteiger partial charge is 0.340 e. The lowest BCUT2D eigenvalue weighted by atomic mass is 9.88. The predicted molar refractivity (Wildman–Crippen MR) is 57.0 cm³/mol. The van der Waals surface area contributed by atoms with Gasteiger partial charge in [0.1, 0.15) is 0 Å². The first-order valence-electron chi connectivity index (χ1n) is 6.09. The van der Waals surface area contributed by atoms with E-state index in [1.54, 1.807) is 0 Å². The van der Waals surface area contributed by atoms with Crippen LogP contribution in [0.1, 0.15) is 51.9 Å². The highest BCUT2D eigenvalue weighted by Gasteiger charge is 2.30. The van der Waals surface area contributed by atoms with E-state index >= 15 is 0 Å². The van der Waals surface area contributed by atoms with Gasteiger partial charge in [0.2, 0.25) is 5.91 Å². The third-order valence-corrected chi connectivity index (χ3v) is 3.79. The summed E-state index contributed by atoms with van der Waals surface area (Å²) in [5.41, 5.74) is 0. The predicted octanol–water partition coefficient (Wildman–Crippen LogP) is 2.58. The Balaban J connectivity index is 1.92. The summed E-state index contributed by atoms with van der Waals surface area (Å²) in [4.78, 5) is 14.3. The molecule has 0 aromatic carbocycles. The van der Waals surface area contributed by atoms with E-state index in [0.29, 0.717) is 17.9 Å². The molecule has 0 aromatic rings. The molecule has 2 rings (SSSR count). The smallest absolute Gasteiger partial charge is 0.225 e. The number of nitrogens with zero attached hydrogens (tertiary/aromatic N) is 1. The summed E-state index contributed by atoms with van der Waals surface area (Å²) in [6.45, 7) is 3.20. The van der Waals surface area contributed by atoms with Gasteiger partial charge in [0.05, 0.1) is 0 Å². The van der Waals surface area contributed by atoms with Crippen LogP contribution in [0.2, 0.25) is 0 Å². The van der Waals surface area contributed by atoms with Crippen molar-refractivity contribution in [1.29, 1.82) is 0 Å². The number of rotatable bonds is 1. The average Bonchev–Trinajstić information content (AvgIpc) is 2.65. The van der Waals surface area contributed by atoms with E-state index in [4.69, 9.17) is 0 Å². The number of hydrogen-bond donors (Lipinski definition) is 0. The molecule has 1 aliphatic carbocycles. The van der Waals surface area contributed by atoms with Crippen molar-refractivity contribution >= 4 is 5.91 Å². The van der Waals surface area contributed by atoms with E-state index in [1.807, 2.05) is 0 Å². The lowest BCUT2D eigenvalue weighted by Gasteiger charge is -2.28. The standard InChI is InChI=1S/C12H21NO/c1-10-6-5-9-13(10)12(14)11-7-3-2-4-8-11/h10-11H,2-9H2,1H3. The summed E-state index contributed by atoms with van der Waals surface area (Å²) in [6.07, 6.45) is 8.55. The zero-order valence-electron chi connectivity index (χ0n) is 9.17. The van der Waals surface area contributed by atoms with Crippen LogP contribution in [-0.4, -0.2) is 23.4 Å². The molecule has 0 aromatic heterocycles. The number of likely N-dealkylation sites (tertiary alicyclic amines) is 1. The van der Waals surface area contributed by atoms with Gasteiger partial charge in [-0.2, -0.15) is 0 Å². The van der Waals surface area contributed by atoms with Crippen LogP contribution >= 0.6 is 0 Å². The van der Waals surface area contributed by atoms with Gasteiger partial charge in [0, 0.05) is 18.5 Å². The first-order chi connectivity index (χ1) is 6.79. The number of amides is 1. The fourth-order valence-corrected chi connectivity index (χ4v) is 2.84. The summed E-state index contributed by atoms with van der Waals surface area (Å²) < 4.78 is 0. The third kappa shape index (κ3) is 1.94. The SMILES string of the molecule is CC1CCCN1C(=O)C1CCCCC1. The third-order valence-electron chi connectivity index (χ3n) is 3.79. The zero-order valence-corrected chi connectivity index (χ0v) is 9.17. The van der Waals surface area contributed by atoms with Crippen molar-refractivity contribution < 1.29 is 4.79 Å². The first-order valence-corrected chi connectivity index (χ1v) is 6.09. The van der Waals surface area contributed by atoms with Gasteiger partial charge in [-0.05, 0) is 32.6 Å². The summed E-state index contributed by atoms with van der Waals surface area (Å²) in [5.74, 6) is 0.819. The van der Waals surface area contributed by atoms with Crippen LogP contribution in [0.3, 0.4) is 0 Å². The maximum absolute atomic E-state index is 12.1. The Kier molecular flexibility index (Phi) is 3.09. The number of carbonyl (C=O) groups excluding carboxylic acids is 1. The van der Waals surface area contributed by atoms with Gasteiger partial charge in [-0.25, -0.2) is 0 Å². The Bertz CT molecular complexity index is 208. The van der Waals surface area contributed by atoms with Crippen LogP contribution < -0.4 is 0 Å². The highest BCUT2D eigenvalue weighted by atomic mass is 16.2. The van der Waals surface area contributed by atoms with E-state index in [9.17, 15) is 4.79 Å². The van der Waals surface area contributed by atoms with Gasteiger partial charge < -0.3 is 4.90 Å². The molecule has 1 amide bonds. The van der Waals surface area contributed by atoms with Gasteiger partial charge in [-0.3, -0.25) is 4.79 Å². The molecule has 80 valence electrons. The van der Waals surface area contributed by atoms with Crippen LogP contribution in [0.15, 0.2) is 0 Å². The van der Waals surface area contributed by atoms with Crippen molar-refractivity contribution in [3.63, 3.8) is 0 Å². The van der Waals surface area contributed by atoms with E-state index in [-0.39, 0.29) is 0 Å². The fourth-order valence-electron chi connectivity index (χ4n) is 2.84. The monoisotopic (exact) mass is 195 g/mol. The van der Waals surface area contributed by atoms with Gasteiger partial charge in [0.25, 0.3) is 0 Å². The Morgan fingerprint density at radius 3 is 2.36 bits per heavy atom. The van der Waals surface area contributed by atoms with Crippen molar-refractivity contribution in [3.8, 4) is 0 Å². The van der Waals surface area contributed by atoms with Gasteiger partial charge in [-0.1, -0.05) is 19.3 Å². The van der Waals surface area contributed by atoms with E-state index in [0.717, 1.165) is 19.4 Å². The molecule has 2 fully saturated rings. The first kappa shape index (κ1) is 10.0. The molecule has 0 N–H and O–H groups in total. The molecule has 14 heavy (non-hydrogen) atoms. The molecule has 1 unspecified atom stereocenters. The number of carbonyl (C=O) groups is 1. The fraction of sp³-hybridized carbons (Fsp3) is 0.917. The van der Waals surface area contributed by atoms with Gasteiger partial charge >= 0.3 is 0 Å². The van der Waals surface area contributed by atoms with Crippen LogP contribution in [-0.2, 0) is 4.79 Å². The molecule has 1 aliphatic heterocycles. The maximum Gasteiger partial charge on any atom is 0.225 e. The molecular formula is C12H21NO. The second-order valence-electron chi connectivity index (χ2n) is 4.86. The van der Waals surface area contributed by atoms with Crippen molar-refractivity contribution in [2.24, 2.45) is 5.92 Å². The molecule has 2 aliphatic rings. The van der Waals surface area contributed by atoms with Gasteiger partial charge in [-0.15, -0.1) is 0 Å². The molecule has 0 bridgehead atoms. The Morgan fingerprint density at radius 2 is 1.79 bits per heavy atom. The maximum atomic E-state index is 12.1. The molecule has 1 heterocycles. The summed E-state index contributed by atoms with van der Waals surface area (Å²) in [6, 6.07) is 0.504. The highest BCUT2D eigenvalue weighted by Crippen LogP contribution is 2.28. The van der Waals surface area contributed by atoms with Gasteiger partial charge in [0.15, 0.2) is 0 Å². The van der Waals surface area contributed by atoms with E-state index < -0.39 is 0 Å². The summed E-state index contributed by atoms with van der Waals surface area (Å²) in [5, 5.41) is 0. The minimum atomic E-state index is 0.365. The van der Waals surface area contributed by atoms with Crippen LogP contribution in [0, 0.1) is 5.92 Å². The van der Waals surface area contributed by atoms with Crippen molar-refractivity contribution in [3.05, 3.63) is 0 Å². The van der Waals surface area contributed by atoms with E-state index in [2.05, 4.69) is 11.8 Å². The lowest BCUT2D eigenvalue weighted by molar-refractivity contribution is -0.137. The zero-order chi connectivity index (χ0) is 9.97. The van der Waals surface area contributed by atoms with E-state index in [1.165, 1.54) is 32.1 Å². The molecular weight excluding hydrogens is 174 g/mol. The molecule has 0 spiro atoms. The van der Waals surface area contributed by atoms with Crippen molar-refractivity contribution in [2.45, 2.75) is 57.9 Å². The summed E-state index contributed by atoms with van der Waals surface area (Å²) in [7, 11) is 0. The molecule has 1 atom stereocenters. The van der Waals surface area contributed by atoms with Crippen LogP contribution in [0.4, 0.5) is 0 Å². The Hall–Kier alpha value is -0.530. The number of hydrogen-bond acceptors (Lipinski definition) is 1. The second-order valence-corrected chi connectivity index (χ2v) is 4.86. The van der Waals surface area contributed by atoms with Crippen LogP contribution in [0.25, 0.3) is 0 Å². The van der Waals surface area contributed by atoms with Crippen molar-refractivity contribution in [1.82, 2.24) is 4.90 Å². The average molecular weight is 195 g/mol. The molecule has 2 nitrogen and oxygen atoms in total. The van der Waals surface area contributed by atoms with Crippen LogP contribution in [0.5, 0.6) is 0 Å². The highest BCUT2D eigenvalue weighted by molar-refractivity contribution is 5.79. The van der Waals surface area contributed by atoms with Crippen molar-refractivity contribution in [2.75, 3.05) is 6.54 Å². The molecule has 0 radical (unpaired) electrons. The summed E-state index contributed by atoms with van der Waals surface area (Å²) >= 11 is 0.